The molecule has 0 aliphatic heterocycles. The van der Waals surface area contributed by atoms with Crippen LogP contribution >= 0.6 is 0 Å². The van der Waals surface area contributed by atoms with Crippen molar-refractivity contribution < 1.29 is 14.3 Å². The molecule has 0 bridgehead atoms. The molecule has 148 valence electrons. The van der Waals surface area contributed by atoms with E-state index in [4.69, 9.17) is 4.74 Å². The minimum atomic E-state index is -0.206. The lowest BCUT2D eigenvalue weighted by molar-refractivity contribution is 0.0928. The Balaban J connectivity index is 1.51. The number of hydrogen-bond acceptors (Lipinski definition) is 4. The number of hydrogen-bond donors (Lipinski definition) is 3. The Bertz CT molecular complexity index is 957. The second-order valence-corrected chi connectivity index (χ2v) is 6.28. The van der Waals surface area contributed by atoms with Crippen molar-refractivity contribution in [2.75, 3.05) is 25.5 Å². The normalized spacial score (nSPS) is 10.1. The monoisotopic (exact) mass is 389 g/mol. The molecule has 0 radical (unpaired) electrons. The maximum absolute atomic E-state index is 12.6. The van der Waals surface area contributed by atoms with Gasteiger partial charge in [0.1, 0.15) is 5.75 Å². The molecular weight excluding hydrogens is 366 g/mol. The highest BCUT2D eigenvalue weighted by Crippen LogP contribution is 2.20. The molecule has 0 aromatic heterocycles. The van der Waals surface area contributed by atoms with Crippen molar-refractivity contribution in [3.8, 4) is 5.75 Å². The van der Waals surface area contributed by atoms with Gasteiger partial charge >= 0.3 is 0 Å². The summed E-state index contributed by atoms with van der Waals surface area (Å²) in [6, 6.07) is 23.8. The Hall–Kier alpha value is -3.80. The number of nitrogens with one attached hydrogen (secondary N) is 3. The Morgan fingerprint density at radius 3 is 2.07 bits per heavy atom. The van der Waals surface area contributed by atoms with Crippen molar-refractivity contribution in [3.05, 3.63) is 90.0 Å². The average Bonchev–Trinajstić information content (AvgIpc) is 2.77. The van der Waals surface area contributed by atoms with Crippen LogP contribution in [0.2, 0.25) is 0 Å². The van der Waals surface area contributed by atoms with Gasteiger partial charge in [-0.2, -0.15) is 0 Å². The molecule has 3 aromatic carbocycles. The lowest BCUT2D eigenvalue weighted by Crippen LogP contribution is -2.34. The van der Waals surface area contributed by atoms with Gasteiger partial charge < -0.3 is 20.7 Å². The third kappa shape index (κ3) is 5.59. The first-order chi connectivity index (χ1) is 14.2. The molecule has 0 saturated heterocycles. The second-order valence-electron chi connectivity index (χ2n) is 6.28. The number of amides is 2. The van der Waals surface area contributed by atoms with E-state index < -0.39 is 0 Å². The van der Waals surface area contributed by atoms with Crippen molar-refractivity contribution in [1.82, 2.24) is 10.6 Å². The molecule has 0 fully saturated rings. The quantitative estimate of drug-likeness (QED) is 0.515. The van der Waals surface area contributed by atoms with E-state index in [0.717, 1.165) is 11.4 Å². The second kappa shape index (κ2) is 9.94. The standard InChI is InChI=1S/C23H23N3O3/c1-29-19-13-11-17(12-14-19)22(27)24-15-16-25-23(28)20-9-5-6-10-21(20)26-18-7-3-2-4-8-18/h2-14,26H,15-16H2,1H3,(H,24,27)(H,25,28). The van der Waals surface area contributed by atoms with Crippen LogP contribution in [0.4, 0.5) is 11.4 Å². The van der Waals surface area contributed by atoms with Gasteiger partial charge in [-0.05, 0) is 48.5 Å². The van der Waals surface area contributed by atoms with E-state index in [-0.39, 0.29) is 11.8 Å². The molecule has 6 nitrogen and oxygen atoms in total. The third-order valence-electron chi connectivity index (χ3n) is 4.27. The molecule has 0 spiro atoms. The topological polar surface area (TPSA) is 79.5 Å². The summed E-state index contributed by atoms with van der Waals surface area (Å²) in [6.45, 7) is 0.644. The van der Waals surface area contributed by atoms with Crippen LogP contribution in [-0.4, -0.2) is 32.0 Å². The van der Waals surface area contributed by atoms with Gasteiger partial charge in [-0.15, -0.1) is 0 Å². The predicted molar refractivity (Wildman–Crippen MR) is 114 cm³/mol. The molecular formula is C23H23N3O3. The molecule has 3 N–H and O–H groups in total. The van der Waals surface area contributed by atoms with Gasteiger partial charge in [-0.1, -0.05) is 30.3 Å². The van der Waals surface area contributed by atoms with Crippen LogP contribution in [-0.2, 0) is 0 Å². The van der Waals surface area contributed by atoms with Gasteiger partial charge in [0.15, 0.2) is 0 Å². The molecule has 0 saturated carbocycles. The summed E-state index contributed by atoms with van der Waals surface area (Å²) in [7, 11) is 1.57. The number of benzene rings is 3. The zero-order valence-corrected chi connectivity index (χ0v) is 16.1. The van der Waals surface area contributed by atoms with Gasteiger partial charge in [0.2, 0.25) is 0 Å². The first kappa shape index (κ1) is 19.9. The number of rotatable bonds is 8. The van der Waals surface area contributed by atoms with Gasteiger partial charge in [0.25, 0.3) is 11.8 Å². The molecule has 2 amide bonds. The molecule has 0 aliphatic rings. The molecule has 29 heavy (non-hydrogen) atoms. The SMILES string of the molecule is COc1ccc(C(=O)NCCNC(=O)c2ccccc2Nc2ccccc2)cc1. The van der Waals surface area contributed by atoms with Crippen LogP contribution < -0.4 is 20.7 Å². The Kier molecular flexibility index (Phi) is 6.84. The van der Waals surface area contributed by atoms with E-state index in [1.807, 2.05) is 48.5 Å². The number of para-hydroxylation sites is 2. The van der Waals surface area contributed by atoms with Crippen molar-refractivity contribution in [1.29, 1.82) is 0 Å². The Morgan fingerprint density at radius 1 is 0.759 bits per heavy atom. The molecule has 0 atom stereocenters. The summed E-state index contributed by atoms with van der Waals surface area (Å²) >= 11 is 0. The zero-order chi connectivity index (χ0) is 20.5. The van der Waals surface area contributed by atoms with Gasteiger partial charge in [0, 0.05) is 24.3 Å². The largest absolute Gasteiger partial charge is 0.497 e. The smallest absolute Gasteiger partial charge is 0.253 e. The molecule has 0 aliphatic carbocycles. The van der Waals surface area contributed by atoms with Gasteiger partial charge in [-0.25, -0.2) is 0 Å². The van der Waals surface area contributed by atoms with E-state index in [1.54, 1.807) is 37.4 Å². The number of anilines is 2. The van der Waals surface area contributed by atoms with Crippen LogP contribution in [0.1, 0.15) is 20.7 Å². The van der Waals surface area contributed by atoms with Crippen LogP contribution in [0.15, 0.2) is 78.9 Å². The van der Waals surface area contributed by atoms with Crippen molar-refractivity contribution >= 4 is 23.2 Å². The maximum atomic E-state index is 12.6. The number of carbonyl (C=O) groups is 2. The fourth-order valence-corrected chi connectivity index (χ4v) is 2.76. The van der Waals surface area contributed by atoms with Crippen molar-refractivity contribution in [3.63, 3.8) is 0 Å². The fourth-order valence-electron chi connectivity index (χ4n) is 2.76. The summed E-state index contributed by atoms with van der Waals surface area (Å²) in [5.41, 5.74) is 2.70. The Labute approximate surface area is 169 Å². The molecule has 3 aromatic rings. The van der Waals surface area contributed by atoms with E-state index in [0.29, 0.717) is 30.0 Å². The zero-order valence-electron chi connectivity index (χ0n) is 16.1. The van der Waals surface area contributed by atoms with Crippen LogP contribution in [0, 0.1) is 0 Å². The highest BCUT2D eigenvalue weighted by molar-refractivity contribution is 6.00. The lowest BCUT2D eigenvalue weighted by Gasteiger charge is -2.12. The summed E-state index contributed by atoms with van der Waals surface area (Å²) in [5.74, 6) is 0.285. The van der Waals surface area contributed by atoms with E-state index in [1.165, 1.54) is 0 Å². The van der Waals surface area contributed by atoms with Crippen LogP contribution in [0.3, 0.4) is 0 Å². The summed E-state index contributed by atoms with van der Waals surface area (Å²) in [4.78, 5) is 24.7. The summed E-state index contributed by atoms with van der Waals surface area (Å²) in [6.07, 6.45) is 0. The van der Waals surface area contributed by atoms with Crippen molar-refractivity contribution in [2.45, 2.75) is 0 Å². The highest BCUT2D eigenvalue weighted by atomic mass is 16.5. The fraction of sp³-hybridized carbons (Fsp3) is 0.130. The highest BCUT2D eigenvalue weighted by Gasteiger charge is 2.11. The first-order valence-electron chi connectivity index (χ1n) is 9.29. The van der Waals surface area contributed by atoms with Crippen LogP contribution in [0.5, 0.6) is 5.75 Å². The molecule has 0 unspecified atom stereocenters. The van der Waals surface area contributed by atoms with E-state index >= 15 is 0 Å². The van der Waals surface area contributed by atoms with Crippen LogP contribution in [0.25, 0.3) is 0 Å². The average molecular weight is 389 g/mol. The van der Waals surface area contributed by atoms with Gasteiger partial charge in [-0.3, -0.25) is 9.59 Å². The van der Waals surface area contributed by atoms with E-state index in [2.05, 4.69) is 16.0 Å². The Morgan fingerprint density at radius 2 is 1.38 bits per heavy atom. The van der Waals surface area contributed by atoms with E-state index in [9.17, 15) is 9.59 Å². The summed E-state index contributed by atoms with van der Waals surface area (Å²) in [5, 5.41) is 8.88. The lowest BCUT2D eigenvalue weighted by atomic mass is 10.1. The number of ether oxygens (including phenoxy) is 1. The predicted octanol–water partition coefficient (Wildman–Crippen LogP) is 3.60. The number of methoxy groups -OCH3 is 1. The molecule has 0 heterocycles. The molecule has 3 rings (SSSR count). The summed E-state index contributed by atoms with van der Waals surface area (Å²) < 4.78 is 5.08. The maximum Gasteiger partial charge on any atom is 0.253 e. The van der Waals surface area contributed by atoms with Gasteiger partial charge in [0.05, 0.1) is 18.4 Å². The minimum Gasteiger partial charge on any atom is -0.497 e. The van der Waals surface area contributed by atoms with Crippen molar-refractivity contribution in [2.24, 2.45) is 0 Å². The molecule has 6 heteroatoms. The number of carbonyl (C=O) groups excluding carboxylic acids is 2. The first-order valence-corrected chi connectivity index (χ1v) is 9.29. The minimum absolute atomic E-state index is 0.201. The third-order valence-corrected chi connectivity index (χ3v) is 4.27.